The summed E-state index contributed by atoms with van der Waals surface area (Å²) in [4.78, 5) is 11.7. The van der Waals surface area contributed by atoms with Crippen molar-refractivity contribution >= 4 is 15.8 Å². The van der Waals surface area contributed by atoms with Gasteiger partial charge < -0.3 is 5.73 Å². The summed E-state index contributed by atoms with van der Waals surface area (Å²) in [5, 5.41) is 14.2. The van der Waals surface area contributed by atoms with Gasteiger partial charge >= 0.3 is 0 Å². The highest BCUT2D eigenvalue weighted by atomic mass is 32.2. The Morgan fingerprint density at radius 2 is 1.78 bits per heavy atom. The van der Waals surface area contributed by atoms with Gasteiger partial charge in [0.1, 0.15) is 4.87 Å². The van der Waals surface area contributed by atoms with Crippen molar-refractivity contribution in [3.05, 3.63) is 54.1 Å². The van der Waals surface area contributed by atoms with E-state index < -0.39 is 20.9 Å². The Balaban J connectivity index is 1.88. The largest absolute Gasteiger partial charge is 0.312 e. The van der Waals surface area contributed by atoms with Crippen LogP contribution >= 0.6 is 0 Å². The molecule has 10 heteroatoms. The van der Waals surface area contributed by atoms with Crippen LogP contribution in [-0.2, 0) is 10.0 Å². The maximum atomic E-state index is 13.2. The van der Waals surface area contributed by atoms with Gasteiger partial charge in [-0.15, -0.1) is 10.2 Å². The Kier molecular flexibility index (Phi) is 7.17. The first-order chi connectivity index (χ1) is 15.1. The average Bonchev–Trinajstić information content (AvgIpc) is 3.30. The van der Waals surface area contributed by atoms with Gasteiger partial charge in [-0.2, -0.15) is 5.21 Å². The lowest BCUT2D eigenvalue weighted by atomic mass is 9.95. The summed E-state index contributed by atoms with van der Waals surface area (Å²) in [6, 6.07) is 13.8. The third kappa shape index (κ3) is 5.26. The van der Waals surface area contributed by atoms with Crippen LogP contribution in [0.2, 0.25) is 0 Å². The molecule has 0 saturated carbocycles. The molecule has 0 aliphatic carbocycles. The quantitative estimate of drug-likeness (QED) is 0.398. The highest BCUT2D eigenvalue weighted by Gasteiger charge is 2.34. The topological polar surface area (TPSA) is 144 Å². The molecule has 1 atom stereocenters. The molecule has 0 fully saturated rings. The zero-order valence-corrected chi connectivity index (χ0v) is 19.2. The van der Waals surface area contributed by atoms with E-state index in [1.165, 1.54) is 13.8 Å². The lowest BCUT2D eigenvalue weighted by molar-refractivity contribution is 0.0947. The predicted molar refractivity (Wildman–Crippen MR) is 123 cm³/mol. The van der Waals surface area contributed by atoms with Crippen molar-refractivity contribution in [2.45, 2.75) is 50.9 Å². The van der Waals surface area contributed by atoms with Crippen molar-refractivity contribution in [1.82, 2.24) is 25.3 Å². The van der Waals surface area contributed by atoms with Crippen LogP contribution in [0.3, 0.4) is 0 Å². The molecule has 0 bridgehead atoms. The van der Waals surface area contributed by atoms with Gasteiger partial charge in [0.15, 0.2) is 5.78 Å². The number of H-pyrrole nitrogens is 1. The van der Waals surface area contributed by atoms with E-state index in [1.807, 2.05) is 43.3 Å². The number of nitrogens with two attached hydrogens (primary N) is 1. The molecular formula is C22H28N6O3S. The number of tetrazole rings is 1. The minimum Gasteiger partial charge on any atom is -0.312 e. The lowest BCUT2D eigenvalue weighted by Crippen LogP contribution is -2.53. The number of aromatic amines is 1. The molecule has 9 nitrogen and oxygen atoms in total. The number of nitrogens with zero attached hydrogens (tertiary/aromatic N) is 3. The maximum absolute atomic E-state index is 13.2. The number of sulfonamides is 1. The molecular weight excluding hydrogens is 428 g/mol. The number of aromatic nitrogens is 4. The third-order valence-electron chi connectivity index (χ3n) is 5.15. The second-order valence-electron chi connectivity index (χ2n) is 8.14. The fourth-order valence-electron chi connectivity index (χ4n) is 3.21. The first-order valence-corrected chi connectivity index (χ1v) is 11.9. The van der Waals surface area contributed by atoms with Gasteiger partial charge in [0, 0.05) is 11.1 Å². The number of ketones is 1. The third-order valence-corrected chi connectivity index (χ3v) is 7.13. The number of nitrogens with one attached hydrogen (secondary N) is 2. The molecule has 3 aromatic rings. The molecule has 1 aromatic heterocycles. The van der Waals surface area contributed by atoms with Crippen molar-refractivity contribution in [1.29, 1.82) is 0 Å². The van der Waals surface area contributed by atoms with E-state index in [2.05, 4.69) is 25.3 Å². The van der Waals surface area contributed by atoms with Gasteiger partial charge in [-0.25, -0.2) is 13.1 Å². The van der Waals surface area contributed by atoms with Crippen molar-refractivity contribution < 1.29 is 13.2 Å². The van der Waals surface area contributed by atoms with E-state index in [0.717, 1.165) is 23.1 Å². The van der Waals surface area contributed by atoms with Gasteiger partial charge in [-0.05, 0) is 36.6 Å². The van der Waals surface area contributed by atoms with Crippen LogP contribution in [0.15, 0.2) is 48.5 Å². The van der Waals surface area contributed by atoms with Crippen LogP contribution < -0.4 is 10.5 Å². The van der Waals surface area contributed by atoms with Crippen LogP contribution in [0, 0.1) is 0 Å². The average molecular weight is 457 g/mol. The van der Waals surface area contributed by atoms with Crippen molar-refractivity contribution in [2.24, 2.45) is 5.73 Å². The normalized spacial score (nSPS) is 13.1. The number of hydrogen-bond donors (Lipinski definition) is 3. The number of carbonyl (C=O) groups excluding carboxylic acids is 1. The second-order valence-corrected chi connectivity index (χ2v) is 10.4. The summed E-state index contributed by atoms with van der Waals surface area (Å²) < 4.78 is 27.6. The molecule has 0 aliphatic rings. The fraction of sp³-hybridized carbons (Fsp3) is 0.364. The Hall–Kier alpha value is -2.95. The van der Waals surface area contributed by atoms with Crippen LogP contribution in [0.1, 0.15) is 50.4 Å². The molecule has 0 spiro atoms. The smallest absolute Gasteiger partial charge is 0.230 e. The highest BCUT2D eigenvalue weighted by Crippen LogP contribution is 2.30. The molecule has 0 saturated heterocycles. The van der Waals surface area contributed by atoms with Crippen molar-refractivity contribution in [2.75, 3.05) is 0 Å². The van der Waals surface area contributed by atoms with Gasteiger partial charge in [-0.3, -0.25) is 4.79 Å². The Bertz CT molecular complexity index is 1150. The summed E-state index contributed by atoms with van der Waals surface area (Å²) >= 11 is 0. The van der Waals surface area contributed by atoms with E-state index in [1.54, 1.807) is 12.1 Å². The van der Waals surface area contributed by atoms with Crippen molar-refractivity contribution in [3.63, 3.8) is 0 Å². The summed E-state index contributed by atoms with van der Waals surface area (Å²) in [5.41, 5.74) is 8.78. The number of Topliss-reactive ketones (excluding diaryl/α,β-unsaturated/α-hetero) is 1. The minimum atomic E-state index is -3.88. The van der Waals surface area contributed by atoms with E-state index in [4.69, 9.17) is 5.73 Å². The van der Waals surface area contributed by atoms with E-state index in [0.29, 0.717) is 24.2 Å². The molecule has 1 unspecified atom stereocenters. The summed E-state index contributed by atoms with van der Waals surface area (Å²) in [6.45, 7) is 4.78. The molecule has 0 radical (unpaired) electrons. The molecule has 1 heterocycles. The standard InChI is InChI=1S/C22H28N6O3S/c1-4-5-10-19(26-32(30,31)22(2,3)23)20(29)16-13-11-15(12-14-16)17-8-6-7-9-18(17)21-24-27-28-25-21/h6-9,11-14,19,26H,4-5,10,23H2,1-3H3,(H,24,25,27,28). The summed E-state index contributed by atoms with van der Waals surface area (Å²) in [7, 11) is -3.88. The summed E-state index contributed by atoms with van der Waals surface area (Å²) in [6.07, 6.45) is 1.94. The Labute approximate surface area is 187 Å². The Morgan fingerprint density at radius 3 is 2.34 bits per heavy atom. The molecule has 4 N–H and O–H groups in total. The minimum absolute atomic E-state index is 0.288. The second kappa shape index (κ2) is 9.68. The molecule has 0 aliphatic heterocycles. The van der Waals surface area contributed by atoms with Crippen LogP contribution in [-0.4, -0.2) is 45.7 Å². The van der Waals surface area contributed by atoms with Crippen molar-refractivity contribution in [3.8, 4) is 22.5 Å². The van der Waals surface area contributed by atoms with E-state index in [-0.39, 0.29) is 5.78 Å². The van der Waals surface area contributed by atoms with Crippen LogP contribution in [0.25, 0.3) is 22.5 Å². The van der Waals surface area contributed by atoms with Crippen LogP contribution in [0.5, 0.6) is 0 Å². The zero-order chi connectivity index (χ0) is 23.4. The van der Waals surface area contributed by atoms with Gasteiger partial charge in [-0.1, -0.05) is 68.3 Å². The summed E-state index contributed by atoms with van der Waals surface area (Å²) in [5.74, 6) is 0.184. The van der Waals surface area contributed by atoms with Gasteiger partial charge in [0.25, 0.3) is 0 Å². The molecule has 170 valence electrons. The first-order valence-electron chi connectivity index (χ1n) is 10.4. The number of benzene rings is 2. The lowest BCUT2D eigenvalue weighted by Gasteiger charge is -2.24. The molecule has 32 heavy (non-hydrogen) atoms. The monoisotopic (exact) mass is 456 g/mol. The predicted octanol–water partition coefficient (Wildman–Crippen LogP) is 2.89. The van der Waals surface area contributed by atoms with Crippen LogP contribution in [0.4, 0.5) is 0 Å². The van der Waals surface area contributed by atoms with Gasteiger partial charge in [0.2, 0.25) is 15.8 Å². The Morgan fingerprint density at radius 1 is 1.12 bits per heavy atom. The number of carbonyl (C=O) groups is 1. The fourth-order valence-corrected chi connectivity index (χ4v) is 4.12. The number of unbranched alkanes of at least 4 members (excludes halogenated alkanes) is 1. The molecule has 2 aromatic carbocycles. The highest BCUT2D eigenvalue weighted by molar-refractivity contribution is 7.90. The number of hydrogen-bond acceptors (Lipinski definition) is 7. The van der Waals surface area contributed by atoms with E-state index in [9.17, 15) is 13.2 Å². The SMILES string of the molecule is CCCCC(NS(=O)(=O)C(C)(C)N)C(=O)c1ccc(-c2ccccc2-c2nn[nH]n2)cc1. The van der Waals surface area contributed by atoms with E-state index >= 15 is 0 Å². The molecule has 0 amide bonds. The zero-order valence-electron chi connectivity index (χ0n) is 18.4. The maximum Gasteiger partial charge on any atom is 0.230 e. The first kappa shape index (κ1) is 23.7. The molecule has 3 rings (SSSR count). The van der Waals surface area contributed by atoms with Gasteiger partial charge in [0.05, 0.1) is 6.04 Å². The number of rotatable bonds is 10.